The van der Waals surface area contributed by atoms with Crippen LogP contribution in [0, 0.1) is 5.92 Å². The number of alkyl halides is 3. The third-order valence-corrected chi connectivity index (χ3v) is 5.86. The van der Waals surface area contributed by atoms with Crippen LogP contribution in [0.3, 0.4) is 0 Å². The minimum atomic E-state index is -4.33. The number of unbranched alkanes of at least 4 members (excludes halogenated alkanes) is 2. The molecule has 3 rings (SSSR count). The maximum atomic E-state index is 12.6. The highest BCUT2D eigenvalue weighted by Crippen LogP contribution is 2.29. The van der Waals surface area contributed by atoms with Crippen molar-refractivity contribution in [2.75, 3.05) is 0 Å². The number of hydrogen-bond acceptors (Lipinski definition) is 3. The first-order valence-electron chi connectivity index (χ1n) is 11.6. The molecule has 3 nitrogen and oxygen atoms in total. The molecular formula is C27H31F3N2O. The monoisotopic (exact) mass is 456 g/mol. The van der Waals surface area contributed by atoms with Crippen molar-refractivity contribution in [3.8, 4) is 17.1 Å². The van der Waals surface area contributed by atoms with E-state index >= 15 is 0 Å². The van der Waals surface area contributed by atoms with Gasteiger partial charge in [0.1, 0.15) is 12.4 Å². The molecule has 1 heterocycles. The lowest BCUT2D eigenvalue weighted by atomic mass is 10.00. The molecule has 33 heavy (non-hydrogen) atoms. The maximum absolute atomic E-state index is 12.6. The quantitative estimate of drug-likeness (QED) is 0.275. The molecule has 0 aliphatic carbocycles. The maximum Gasteiger partial charge on any atom is 0.416 e. The number of aryl methyl sites for hydroxylation is 1. The van der Waals surface area contributed by atoms with Crippen LogP contribution in [0.15, 0.2) is 60.9 Å². The van der Waals surface area contributed by atoms with Gasteiger partial charge in [-0.25, -0.2) is 9.97 Å². The minimum absolute atomic E-state index is 0.194. The minimum Gasteiger partial charge on any atom is -0.489 e. The smallest absolute Gasteiger partial charge is 0.416 e. The third kappa shape index (κ3) is 7.88. The first-order valence-corrected chi connectivity index (χ1v) is 11.6. The Morgan fingerprint density at radius 3 is 2.12 bits per heavy atom. The summed E-state index contributed by atoms with van der Waals surface area (Å²) in [5.41, 5.74) is 2.05. The van der Waals surface area contributed by atoms with Crippen LogP contribution in [0.25, 0.3) is 11.4 Å². The average Bonchev–Trinajstić information content (AvgIpc) is 2.83. The van der Waals surface area contributed by atoms with Crippen molar-refractivity contribution in [2.45, 2.75) is 65.2 Å². The second-order valence-corrected chi connectivity index (χ2v) is 8.54. The molecule has 6 heteroatoms. The van der Waals surface area contributed by atoms with Crippen molar-refractivity contribution in [1.29, 1.82) is 0 Å². The highest BCUT2D eigenvalue weighted by molar-refractivity contribution is 5.55. The molecular weight excluding hydrogens is 425 g/mol. The first kappa shape index (κ1) is 24.7. The molecule has 176 valence electrons. The predicted octanol–water partition coefficient (Wildman–Crippen LogP) is 7.89. The van der Waals surface area contributed by atoms with Gasteiger partial charge in [-0.1, -0.05) is 51.7 Å². The number of benzene rings is 2. The van der Waals surface area contributed by atoms with E-state index in [9.17, 15) is 13.2 Å². The molecule has 0 unspecified atom stereocenters. The average molecular weight is 457 g/mol. The van der Waals surface area contributed by atoms with Crippen molar-refractivity contribution in [1.82, 2.24) is 9.97 Å². The van der Waals surface area contributed by atoms with Gasteiger partial charge in [-0.2, -0.15) is 13.2 Å². The summed E-state index contributed by atoms with van der Waals surface area (Å²) in [5.74, 6) is 2.10. The largest absolute Gasteiger partial charge is 0.489 e. The Hall–Kier alpha value is -2.89. The zero-order valence-corrected chi connectivity index (χ0v) is 19.2. The van der Waals surface area contributed by atoms with Gasteiger partial charge in [-0.3, -0.25) is 0 Å². The van der Waals surface area contributed by atoms with Crippen LogP contribution in [-0.4, -0.2) is 9.97 Å². The summed E-state index contributed by atoms with van der Waals surface area (Å²) in [6, 6.07) is 12.4. The molecule has 2 aromatic carbocycles. The lowest BCUT2D eigenvalue weighted by Crippen LogP contribution is -2.05. The molecule has 0 fully saturated rings. The number of hydrogen-bond donors (Lipinski definition) is 0. The van der Waals surface area contributed by atoms with Crippen LogP contribution in [0.5, 0.6) is 5.75 Å². The third-order valence-electron chi connectivity index (χ3n) is 5.86. The Bertz CT molecular complexity index is 968. The highest BCUT2D eigenvalue weighted by Gasteiger charge is 2.29. The second-order valence-electron chi connectivity index (χ2n) is 8.54. The van der Waals surface area contributed by atoms with Gasteiger partial charge >= 0.3 is 6.18 Å². The summed E-state index contributed by atoms with van der Waals surface area (Å²) >= 11 is 0. The summed E-state index contributed by atoms with van der Waals surface area (Å²) < 4.78 is 43.6. The Morgan fingerprint density at radius 2 is 1.52 bits per heavy atom. The summed E-state index contributed by atoms with van der Waals surface area (Å²) in [6.45, 7) is 4.75. The molecule has 0 saturated heterocycles. The van der Waals surface area contributed by atoms with E-state index in [-0.39, 0.29) is 6.61 Å². The van der Waals surface area contributed by atoms with Crippen molar-refractivity contribution >= 4 is 0 Å². The van der Waals surface area contributed by atoms with Crippen LogP contribution in [0.1, 0.15) is 62.6 Å². The summed E-state index contributed by atoms with van der Waals surface area (Å²) in [7, 11) is 0. The van der Waals surface area contributed by atoms with E-state index in [1.807, 2.05) is 36.7 Å². The topological polar surface area (TPSA) is 35.0 Å². The summed E-state index contributed by atoms with van der Waals surface area (Å²) in [4.78, 5) is 8.99. The first-order chi connectivity index (χ1) is 15.8. The van der Waals surface area contributed by atoms with Gasteiger partial charge in [-0.15, -0.1) is 0 Å². The van der Waals surface area contributed by atoms with Gasteiger partial charge < -0.3 is 4.74 Å². The van der Waals surface area contributed by atoms with Gasteiger partial charge in [0.2, 0.25) is 0 Å². The molecule has 1 aromatic heterocycles. The number of halogens is 3. The molecule has 0 aliphatic heterocycles. The van der Waals surface area contributed by atoms with Crippen LogP contribution >= 0.6 is 0 Å². The normalized spacial score (nSPS) is 12.5. The summed E-state index contributed by atoms with van der Waals surface area (Å²) in [6.07, 6.45) is 6.68. The van der Waals surface area contributed by atoms with Crippen LogP contribution < -0.4 is 4.74 Å². The van der Waals surface area contributed by atoms with E-state index in [1.165, 1.54) is 37.8 Å². The molecule has 0 radical (unpaired) electrons. The van der Waals surface area contributed by atoms with Crippen molar-refractivity contribution in [3.05, 3.63) is 77.6 Å². The van der Waals surface area contributed by atoms with E-state index in [2.05, 4.69) is 23.8 Å². The second kappa shape index (κ2) is 11.8. The fraction of sp³-hybridized carbons (Fsp3) is 0.407. The molecule has 0 bridgehead atoms. The van der Waals surface area contributed by atoms with Gasteiger partial charge in [0, 0.05) is 18.0 Å². The number of nitrogens with zero attached hydrogens (tertiary/aromatic N) is 2. The molecule has 0 saturated carbocycles. The van der Waals surface area contributed by atoms with E-state index in [0.29, 0.717) is 17.1 Å². The number of aromatic nitrogens is 2. The van der Waals surface area contributed by atoms with E-state index in [0.717, 1.165) is 42.0 Å². The SMILES string of the molecule is CC[C@H](C)CCCCCc1cnc(-c2ccc(OCc3ccc(C(F)(F)F)cc3)cc2)nc1. The van der Waals surface area contributed by atoms with Crippen LogP contribution in [-0.2, 0) is 19.2 Å². The van der Waals surface area contributed by atoms with Crippen LogP contribution in [0.4, 0.5) is 13.2 Å². The molecule has 0 spiro atoms. The zero-order chi connectivity index (χ0) is 23.7. The Morgan fingerprint density at radius 1 is 0.848 bits per heavy atom. The van der Waals surface area contributed by atoms with Gasteiger partial charge in [0.05, 0.1) is 5.56 Å². The lowest BCUT2D eigenvalue weighted by Gasteiger charge is -2.09. The fourth-order valence-corrected chi connectivity index (χ4v) is 3.49. The zero-order valence-electron chi connectivity index (χ0n) is 19.2. The van der Waals surface area contributed by atoms with Gasteiger partial charge in [0.15, 0.2) is 5.82 Å². The lowest BCUT2D eigenvalue weighted by molar-refractivity contribution is -0.137. The number of ether oxygens (including phenoxy) is 1. The standard InChI is InChI=1S/C27H31F3N2O/c1-3-20(2)7-5-4-6-8-22-17-31-26(32-18-22)23-11-15-25(16-12-23)33-19-21-9-13-24(14-10-21)27(28,29)30/h9-18,20H,3-8,19H2,1-2H3/t20-/m0/s1. The molecule has 3 aromatic rings. The highest BCUT2D eigenvalue weighted by atomic mass is 19.4. The molecule has 0 aliphatic rings. The van der Waals surface area contributed by atoms with E-state index in [4.69, 9.17) is 4.74 Å². The Labute approximate surface area is 194 Å². The van der Waals surface area contributed by atoms with Crippen molar-refractivity contribution < 1.29 is 17.9 Å². The van der Waals surface area contributed by atoms with Gasteiger partial charge in [-0.05, 0) is 66.3 Å². The predicted molar refractivity (Wildman–Crippen MR) is 125 cm³/mol. The molecule has 1 atom stereocenters. The fourth-order valence-electron chi connectivity index (χ4n) is 3.49. The van der Waals surface area contributed by atoms with Crippen LogP contribution in [0.2, 0.25) is 0 Å². The Balaban J connectivity index is 1.46. The number of rotatable bonds is 11. The van der Waals surface area contributed by atoms with E-state index < -0.39 is 11.7 Å². The Kier molecular flexibility index (Phi) is 8.87. The summed E-state index contributed by atoms with van der Waals surface area (Å²) in [5, 5.41) is 0. The molecule has 0 N–H and O–H groups in total. The van der Waals surface area contributed by atoms with Crippen molar-refractivity contribution in [2.24, 2.45) is 5.92 Å². The van der Waals surface area contributed by atoms with Gasteiger partial charge in [0.25, 0.3) is 0 Å². The van der Waals surface area contributed by atoms with E-state index in [1.54, 1.807) is 0 Å². The van der Waals surface area contributed by atoms with Crippen molar-refractivity contribution in [3.63, 3.8) is 0 Å². The molecule has 0 amide bonds.